The maximum atomic E-state index is 13.2. The van der Waals surface area contributed by atoms with Crippen LogP contribution in [0.5, 0.6) is 0 Å². The van der Waals surface area contributed by atoms with Gasteiger partial charge in [-0.25, -0.2) is 0 Å². The number of benzene rings is 2. The molecule has 0 atom stereocenters. The van der Waals surface area contributed by atoms with Crippen molar-refractivity contribution in [1.29, 1.82) is 0 Å². The fourth-order valence-corrected chi connectivity index (χ4v) is 5.49. The summed E-state index contributed by atoms with van der Waals surface area (Å²) in [5.41, 5.74) is 2.03. The van der Waals surface area contributed by atoms with Crippen molar-refractivity contribution >= 4 is 51.7 Å². The molecule has 13 nitrogen and oxygen atoms in total. The Labute approximate surface area is 227 Å². The van der Waals surface area contributed by atoms with E-state index in [9.17, 15) is 29.8 Å². The Morgan fingerprint density at radius 1 is 0.846 bits per heavy atom. The molecule has 204 valence electrons. The van der Waals surface area contributed by atoms with Crippen LogP contribution in [0.2, 0.25) is 0 Å². The smallest absolute Gasteiger partial charge is 0.293 e. The third-order valence-electron chi connectivity index (χ3n) is 6.67. The molecule has 5 rings (SSSR count). The molecule has 0 spiro atoms. The van der Waals surface area contributed by atoms with Crippen LogP contribution in [0.1, 0.15) is 11.1 Å². The zero-order chi connectivity index (χ0) is 27.5. The van der Waals surface area contributed by atoms with E-state index >= 15 is 0 Å². The standard InChI is InChI=1S/C25H25N5O8S/c31-24-23(39-25(32)28(24)16-17-1-3-19(4-2-17)29(33)34)14-18-13-22(30(35)36)21(27-7-11-38-12-8-27)15-20(18)26-5-9-37-10-6-26/h1-4,13-15H,5-12,16H2/b23-14-. The number of rotatable bonds is 7. The molecule has 3 heterocycles. The third-order valence-corrected chi connectivity index (χ3v) is 7.58. The van der Waals surface area contributed by atoms with Gasteiger partial charge < -0.3 is 19.3 Å². The summed E-state index contributed by atoms with van der Waals surface area (Å²) in [7, 11) is 0. The van der Waals surface area contributed by atoms with Crippen molar-refractivity contribution in [2.45, 2.75) is 6.54 Å². The highest BCUT2D eigenvalue weighted by Gasteiger charge is 2.36. The minimum absolute atomic E-state index is 0.0492. The maximum Gasteiger partial charge on any atom is 0.293 e. The normalized spacial score (nSPS) is 19.2. The molecule has 0 bridgehead atoms. The van der Waals surface area contributed by atoms with Gasteiger partial charge in [0.1, 0.15) is 5.69 Å². The van der Waals surface area contributed by atoms with Crippen molar-refractivity contribution in [2.75, 3.05) is 62.4 Å². The predicted octanol–water partition coefficient (Wildman–Crippen LogP) is 3.41. The van der Waals surface area contributed by atoms with Crippen LogP contribution < -0.4 is 9.80 Å². The zero-order valence-electron chi connectivity index (χ0n) is 20.8. The van der Waals surface area contributed by atoms with E-state index in [4.69, 9.17) is 9.47 Å². The zero-order valence-corrected chi connectivity index (χ0v) is 21.6. The third kappa shape index (κ3) is 5.72. The molecule has 0 aliphatic carbocycles. The van der Waals surface area contributed by atoms with Crippen molar-refractivity contribution < 1.29 is 28.9 Å². The van der Waals surface area contributed by atoms with Crippen LogP contribution in [0, 0.1) is 20.2 Å². The van der Waals surface area contributed by atoms with Gasteiger partial charge in [-0.15, -0.1) is 0 Å². The lowest BCUT2D eigenvalue weighted by molar-refractivity contribution is -0.384. The van der Waals surface area contributed by atoms with Crippen LogP contribution >= 0.6 is 11.8 Å². The number of amides is 2. The fraction of sp³-hybridized carbons (Fsp3) is 0.360. The quantitative estimate of drug-likeness (QED) is 0.281. The number of nitro benzene ring substituents is 2. The predicted molar refractivity (Wildman–Crippen MR) is 144 cm³/mol. The van der Waals surface area contributed by atoms with Crippen molar-refractivity contribution in [3.05, 3.63) is 72.7 Å². The first kappa shape index (κ1) is 26.6. The van der Waals surface area contributed by atoms with E-state index in [1.807, 2.05) is 4.90 Å². The molecule has 0 aromatic heterocycles. The van der Waals surface area contributed by atoms with Gasteiger partial charge >= 0.3 is 0 Å². The molecule has 0 unspecified atom stereocenters. The number of carbonyl (C=O) groups excluding carboxylic acids is 2. The van der Waals surface area contributed by atoms with Gasteiger partial charge in [-0.05, 0) is 29.5 Å². The fourth-order valence-electron chi connectivity index (χ4n) is 4.66. The molecule has 2 amide bonds. The highest BCUT2D eigenvalue weighted by Crippen LogP contribution is 2.40. The second kappa shape index (κ2) is 11.4. The number of hydrogen-bond donors (Lipinski definition) is 0. The molecule has 0 radical (unpaired) electrons. The van der Waals surface area contributed by atoms with E-state index in [1.165, 1.54) is 36.4 Å². The van der Waals surface area contributed by atoms with Gasteiger partial charge in [-0.2, -0.15) is 0 Å². The molecular weight excluding hydrogens is 530 g/mol. The Morgan fingerprint density at radius 3 is 2.00 bits per heavy atom. The van der Waals surface area contributed by atoms with Gasteiger partial charge in [0.05, 0.1) is 47.7 Å². The van der Waals surface area contributed by atoms with Crippen LogP contribution in [0.15, 0.2) is 41.3 Å². The van der Waals surface area contributed by atoms with Crippen molar-refractivity contribution in [1.82, 2.24) is 4.90 Å². The Kier molecular flexibility index (Phi) is 7.77. The van der Waals surface area contributed by atoms with Crippen LogP contribution in [-0.2, 0) is 20.8 Å². The number of ether oxygens (including phenoxy) is 2. The average molecular weight is 556 g/mol. The van der Waals surface area contributed by atoms with Crippen LogP contribution in [-0.4, -0.2) is 78.5 Å². The molecule has 0 saturated carbocycles. The first-order valence-corrected chi connectivity index (χ1v) is 13.1. The van der Waals surface area contributed by atoms with Crippen molar-refractivity contribution in [3.63, 3.8) is 0 Å². The minimum Gasteiger partial charge on any atom is -0.378 e. The monoisotopic (exact) mass is 555 g/mol. The lowest BCUT2D eigenvalue weighted by Crippen LogP contribution is -2.38. The molecule has 14 heteroatoms. The summed E-state index contributed by atoms with van der Waals surface area (Å²) in [5.74, 6) is -0.531. The second-order valence-corrected chi connectivity index (χ2v) is 10.0. The Hall–Kier alpha value is -4.01. The number of morpholine rings is 2. The molecule has 3 aliphatic rings. The summed E-state index contributed by atoms with van der Waals surface area (Å²) in [6.45, 7) is 4.05. The van der Waals surface area contributed by atoms with Gasteiger partial charge in [0.25, 0.3) is 22.5 Å². The number of nitro groups is 2. The van der Waals surface area contributed by atoms with Crippen LogP contribution in [0.4, 0.5) is 27.5 Å². The van der Waals surface area contributed by atoms with E-state index in [1.54, 1.807) is 6.07 Å². The molecule has 3 fully saturated rings. The number of non-ortho nitro benzene ring substituents is 1. The summed E-state index contributed by atoms with van der Waals surface area (Å²) in [4.78, 5) is 53.2. The van der Waals surface area contributed by atoms with Crippen molar-refractivity contribution in [2.24, 2.45) is 0 Å². The molecule has 0 N–H and O–H groups in total. The van der Waals surface area contributed by atoms with E-state index in [-0.39, 0.29) is 22.8 Å². The van der Waals surface area contributed by atoms with Gasteiger partial charge in [-0.3, -0.25) is 34.7 Å². The van der Waals surface area contributed by atoms with Gasteiger partial charge in [0, 0.05) is 55.6 Å². The van der Waals surface area contributed by atoms with E-state index in [0.717, 1.165) is 16.7 Å². The number of nitrogens with zero attached hydrogens (tertiary/aromatic N) is 5. The second-order valence-electron chi connectivity index (χ2n) is 9.05. The highest BCUT2D eigenvalue weighted by molar-refractivity contribution is 8.18. The highest BCUT2D eigenvalue weighted by atomic mass is 32.2. The van der Waals surface area contributed by atoms with Crippen LogP contribution in [0.25, 0.3) is 6.08 Å². The largest absolute Gasteiger partial charge is 0.378 e. The summed E-state index contributed by atoms with van der Waals surface area (Å²) in [5, 5.41) is 22.5. The molecule has 2 aromatic carbocycles. The Bertz CT molecular complexity index is 1340. The molecule has 2 aromatic rings. The number of hydrogen-bond acceptors (Lipinski definition) is 11. The number of thioether (sulfide) groups is 1. The maximum absolute atomic E-state index is 13.2. The van der Waals surface area contributed by atoms with E-state index in [2.05, 4.69) is 4.90 Å². The Morgan fingerprint density at radius 2 is 1.44 bits per heavy atom. The number of anilines is 2. The van der Waals surface area contributed by atoms with Gasteiger partial charge in [0.15, 0.2) is 0 Å². The minimum atomic E-state index is -0.531. The SMILES string of the molecule is O=C1S/C(=C\c2cc([N+](=O)[O-])c(N3CCOCC3)cc2N2CCOCC2)C(=O)N1Cc1ccc([N+](=O)[O-])cc1. The average Bonchev–Trinajstić information content (AvgIpc) is 3.21. The van der Waals surface area contributed by atoms with E-state index in [0.29, 0.717) is 75.1 Å². The van der Waals surface area contributed by atoms with Crippen LogP contribution in [0.3, 0.4) is 0 Å². The Balaban J connectivity index is 1.49. The number of carbonyl (C=O) groups is 2. The molecule has 39 heavy (non-hydrogen) atoms. The first-order chi connectivity index (χ1) is 18.8. The topological polar surface area (TPSA) is 149 Å². The lowest BCUT2D eigenvalue weighted by Gasteiger charge is -2.33. The molecular formula is C25H25N5O8S. The summed E-state index contributed by atoms with van der Waals surface area (Å²) >= 11 is 0.756. The molecule has 3 saturated heterocycles. The number of imide groups is 1. The van der Waals surface area contributed by atoms with E-state index < -0.39 is 21.0 Å². The van der Waals surface area contributed by atoms with Crippen molar-refractivity contribution in [3.8, 4) is 0 Å². The van der Waals surface area contributed by atoms with Gasteiger partial charge in [-0.1, -0.05) is 12.1 Å². The lowest BCUT2D eigenvalue weighted by atomic mass is 10.1. The molecule has 3 aliphatic heterocycles. The summed E-state index contributed by atoms with van der Waals surface area (Å²) in [6.07, 6.45) is 1.53. The summed E-state index contributed by atoms with van der Waals surface area (Å²) in [6, 6.07) is 8.86. The van der Waals surface area contributed by atoms with Gasteiger partial charge in [0.2, 0.25) is 0 Å². The first-order valence-electron chi connectivity index (χ1n) is 12.3. The summed E-state index contributed by atoms with van der Waals surface area (Å²) < 4.78 is 10.9.